The Morgan fingerprint density at radius 3 is 2.88 bits per heavy atom. The molecule has 24 heavy (non-hydrogen) atoms. The first kappa shape index (κ1) is 15.5. The van der Waals surface area contributed by atoms with Crippen molar-refractivity contribution >= 4 is 28.6 Å². The number of hydrogen-bond acceptors (Lipinski definition) is 4. The maximum Gasteiger partial charge on any atom is 0.273 e. The number of thiazole rings is 1. The molecular weight excluding hydrogens is 336 g/mol. The van der Waals surface area contributed by atoms with E-state index in [1.807, 2.05) is 27.8 Å². The van der Waals surface area contributed by atoms with E-state index in [9.17, 15) is 4.79 Å². The first-order valence-electron chi connectivity index (χ1n) is 8.14. The molecule has 122 valence electrons. The fourth-order valence-electron chi connectivity index (χ4n) is 3.24. The number of carbonyl (C=O) groups excluding carboxylic acids is 1. The van der Waals surface area contributed by atoms with Crippen molar-refractivity contribution in [3.05, 3.63) is 63.8 Å². The normalized spacial score (nSPS) is 17.3. The minimum Gasteiger partial charge on any atom is -0.334 e. The molecule has 1 aliphatic heterocycles. The van der Waals surface area contributed by atoms with Gasteiger partial charge in [-0.05, 0) is 36.3 Å². The van der Waals surface area contributed by atoms with Gasteiger partial charge < -0.3 is 4.90 Å². The Balaban J connectivity index is 1.51. The van der Waals surface area contributed by atoms with Crippen LogP contribution in [0.15, 0.2) is 52.5 Å². The second-order valence-electron chi connectivity index (χ2n) is 6.03. The summed E-state index contributed by atoms with van der Waals surface area (Å²) in [5, 5.41) is 6.93. The number of nitrogens with zero attached hydrogens (tertiary/aromatic N) is 2. The Bertz CT molecular complexity index is 811. The van der Waals surface area contributed by atoms with E-state index in [1.165, 1.54) is 5.56 Å². The molecule has 3 aromatic rings. The van der Waals surface area contributed by atoms with Crippen LogP contribution in [0.4, 0.5) is 0 Å². The van der Waals surface area contributed by atoms with Crippen LogP contribution in [-0.2, 0) is 6.42 Å². The maximum absolute atomic E-state index is 12.9. The van der Waals surface area contributed by atoms with E-state index in [4.69, 9.17) is 0 Å². The molecule has 1 fully saturated rings. The predicted molar refractivity (Wildman–Crippen MR) is 99.6 cm³/mol. The van der Waals surface area contributed by atoms with Crippen molar-refractivity contribution in [3.8, 4) is 10.6 Å². The van der Waals surface area contributed by atoms with E-state index in [1.54, 1.807) is 22.7 Å². The minimum absolute atomic E-state index is 0.0751. The van der Waals surface area contributed by atoms with Crippen molar-refractivity contribution in [2.45, 2.75) is 25.3 Å². The Morgan fingerprint density at radius 1 is 1.21 bits per heavy atom. The lowest BCUT2D eigenvalue weighted by atomic mass is 10.0. The number of rotatable bonds is 4. The van der Waals surface area contributed by atoms with Gasteiger partial charge in [-0.3, -0.25) is 4.79 Å². The molecule has 3 nitrogen and oxygen atoms in total. The molecule has 1 aliphatic rings. The van der Waals surface area contributed by atoms with Crippen LogP contribution < -0.4 is 0 Å². The Kier molecular flexibility index (Phi) is 4.45. The average molecular weight is 355 g/mol. The molecule has 0 N–H and O–H groups in total. The summed E-state index contributed by atoms with van der Waals surface area (Å²) < 4.78 is 0. The van der Waals surface area contributed by atoms with Crippen molar-refractivity contribution in [1.29, 1.82) is 0 Å². The van der Waals surface area contributed by atoms with Gasteiger partial charge in [-0.25, -0.2) is 4.98 Å². The third kappa shape index (κ3) is 3.14. The van der Waals surface area contributed by atoms with Crippen molar-refractivity contribution in [2.24, 2.45) is 0 Å². The molecule has 0 saturated carbocycles. The van der Waals surface area contributed by atoms with Crippen LogP contribution in [0.5, 0.6) is 0 Å². The highest BCUT2D eigenvalue weighted by atomic mass is 32.1. The first-order chi connectivity index (χ1) is 11.8. The van der Waals surface area contributed by atoms with Crippen LogP contribution in [0, 0.1) is 0 Å². The molecule has 0 aliphatic carbocycles. The molecule has 0 radical (unpaired) electrons. The first-order valence-corrected chi connectivity index (χ1v) is 9.96. The Morgan fingerprint density at radius 2 is 2.08 bits per heavy atom. The van der Waals surface area contributed by atoms with Crippen LogP contribution in [0.25, 0.3) is 10.6 Å². The number of likely N-dealkylation sites (tertiary alicyclic amines) is 1. The Labute approximate surface area is 149 Å². The molecule has 4 rings (SSSR count). The summed E-state index contributed by atoms with van der Waals surface area (Å²) in [6, 6.07) is 12.8. The number of aromatic nitrogens is 1. The largest absolute Gasteiger partial charge is 0.334 e. The fraction of sp³-hybridized carbons (Fsp3) is 0.263. The lowest BCUT2D eigenvalue weighted by Crippen LogP contribution is -2.37. The van der Waals surface area contributed by atoms with Crippen molar-refractivity contribution in [3.63, 3.8) is 0 Å². The lowest BCUT2D eigenvalue weighted by molar-refractivity contribution is 0.0731. The van der Waals surface area contributed by atoms with Gasteiger partial charge in [0.2, 0.25) is 0 Å². The number of carbonyl (C=O) groups is 1. The highest BCUT2D eigenvalue weighted by molar-refractivity contribution is 7.14. The number of amides is 1. The second-order valence-corrected chi connectivity index (χ2v) is 7.67. The summed E-state index contributed by atoms with van der Waals surface area (Å²) in [4.78, 5) is 19.5. The predicted octanol–water partition coefficient (Wildman–Crippen LogP) is 4.72. The zero-order chi connectivity index (χ0) is 16.4. The molecule has 1 atom stereocenters. The van der Waals surface area contributed by atoms with Crippen LogP contribution in [0.3, 0.4) is 0 Å². The standard InChI is InChI=1S/C19H18N2OS2/c22-19(17-13-24-18(20-17)15-8-10-23-12-15)21-9-4-7-16(21)11-14-5-2-1-3-6-14/h1-3,5-6,8,10,12-13,16H,4,7,9,11H2. The van der Waals surface area contributed by atoms with E-state index in [0.717, 1.165) is 36.4 Å². The lowest BCUT2D eigenvalue weighted by Gasteiger charge is -2.24. The fourth-order valence-corrected chi connectivity index (χ4v) is 4.75. The van der Waals surface area contributed by atoms with E-state index < -0.39 is 0 Å². The smallest absolute Gasteiger partial charge is 0.273 e. The molecule has 1 amide bonds. The number of benzene rings is 1. The van der Waals surface area contributed by atoms with Gasteiger partial charge in [0.1, 0.15) is 10.7 Å². The zero-order valence-electron chi connectivity index (χ0n) is 13.2. The second kappa shape index (κ2) is 6.87. The Hall–Kier alpha value is -1.98. The molecule has 1 saturated heterocycles. The van der Waals surface area contributed by atoms with E-state index >= 15 is 0 Å². The topological polar surface area (TPSA) is 33.2 Å². The quantitative estimate of drug-likeness (QED) is 0.679. The maximum atomic E-state index is 12.9. The highest BCUT2D eigenvalue weighted by Crippen LogP contribution is 2.28. The summed E-state index contributed by atoms with van der Waals surface area (Å²) in [6.45, 7) is 0.835. The molecule has 2 aromatic heterocycles. The summed E-state index contributed by atoms with van der Waals surface area (Å²) in [6.07, 6.45) is 3.07. The van der Waals surface area contributed by atoms with Gasteiger partial charge in [-0.1, -0.05) is 30.3 Å². The molecule has 1 unspecified atom stereocenters. The third-order valence-electron chi connectivity index (χ3n) is 4.44. The van der Waals surface area contributed by atoms with Gasteiger partial charge in [0.25, 0.3) is 5.91 Å². The van der Waals surface area contributed by atoms with Crippen LogP contribution in [-0.4, -0.2) is 28.4 Å². The molecular formula is C19H18N2OS2. The minimum atomic E-state index is 0.0751. The van der Waals surface area contributed by atoms with Gasteiger partial charge >= 0.3 is 0 Å². The molecule has 1 aromatic carbocycles. The number of hydrogen-bond donors (Lipinski definition) is 0. The number of thiophene rings is 1. The average Bonchev–Trinajstić information content (AvgIpc) is 3.36. The summed E-state index contributed by atoms with van der Waals surface area (Å²) >= 11 is 3.20. The van der Waals surface area contributed by atoms with Crippen LogP contribution in [0.2, 0.25) is 0 Å². The zero-order valence-corrected chi connectivity index (χ0v) is 14.9. The van der Waals surface area contributed by atoms with Gasteiger partial charge in [0, 0.05) is 28.9 Å². The summed E-state index contributed by atoms with van der Waals surface area (Å²) in [5.41, 5.74) is 2.98. The van der Waals surface area contributed by atoms with Gasteiger partial charge in [-0.2, -0.15) is 11.3 Å². The monoisotopic (exact) mass is 354 g/mol. The van der Waals surface area contributed by atoms with Gasteiger partial charge in [0.15, 0.2) is 0 Å². The van der Waals surface area contributed by atoms with Crippen molar-refractivity contribution in [2.75, 3.05) is 6.54 Å². The van der Waals surface area contributed by atoms with E-state index in [0.29, 0.717) is 5.69 Å². The molecule has 3 heterocycles. The summed E-state index contributed by atoms with van der Waals surface area (Å²) in [5.74, 6) is 0.0751. The van der Waals surface area contributed by atoms with Gasteiger partial charge in [0.05, 0.1) is 0 Å². The highest BCUT2D eigenvalue weighted by Gasteiger charge is 2.30. The van der Waals surface area contributed by atoms with Gasteiger partial charge in [-0.15, -0.1) is 11.3 Å². The van der Waals surface area contributed by atoms with Crippen LogP contribution >= 0.6 is 22.7 Å². The SMILES string of the molecule is O=C(c1csc(-c2ccsc2)n1)N1CCCC1Cc1ccccc1. The molecule has 0 bridgehead atoms. The molecule has 5 heteroatoms. The van der Waals surface area contributed by atoms with Crippen molar-refractivity contribution in [1.82, 2.24) is 9.88 Å². The van der Waals surface area contributed by atoms with Crippen molar-refractivity contribution < 1.29 is 4.79 Å². The summed E-state index contributed by atoms with van der Waals surface area (Å²) in [7, 11) is 0. The van der Waals surface area contributed by atoms with E-state index in [-0.39, 0.29) is 11.9 Å². The van der Waals surface area contributed by atoms with E-state index in [2.05, 4.69) is 34.6 Å². The third-order valence-corrected chi connectivity index (χ3v) is 6.02. The molecule has 0 spiro atoms. The van der Waals surface area contributed by atoms with Crippen LogP contribution in [0.1, 0.15) is 28.9 Å².